The molecule has 142 valence electrons. The lowest BCUT2D eigenvalue weighted by molar-refractivity contribution is -0.142. The molecule has 0 atom stereocenters. The van der Waals surface area contributed by atoms with E-state index in [9.17, 15) is 4.79 Å². The SMILES string of the molecule is CN(C)CCn1c(-c2ccc(OC(=O)C(C)(C)C)cc2)nc2ccccc21. The van der Waals surface area contributed by atoms with Gasteiger partial charge in [-0.05, 0) is 71.3 Å². The van der Waals surface area contributed by atoms with E-state index in [2.05, 4.69) is 29.6 Å². The Morgan fingerprint density at radius 3 is 2.37 bits per heavy atom. The van der Waals surface area contributed by atoms with Crippen LogP contribution in [-0.2, 0) is 11.3 Å². The minimum absolute atomic E-state index is 0.242. The Morgan fingerprint density at radius 1 is 1.07 bits per heavy atom. The highest BCUT2D eigenvalue weighted by molar-refractivity contribution is 5.81. The molecule has 2 aromatic carbocycles. The molecule has 27 heavy (non-hydrogen) atoms. The number of carbonyl (C=O) groups is 1. The third-order valence-corrected chi connectivity index (χ3v) is 4.36. The van der Waals surface area contributed by atoms with Gasteiger partial charge in [-0.25, -0.2) is 4.98 Å². The van der Waals surface area contributed by atoms with Crippen molar-refractivity contribution in [1.82, 2.24) is 14.5 Å². The second-order valence-corrected chi connectivity index (χ2v) is 8.04. The summed E-state index contributed by atoms with van der Waals surface area (Å²) < 4.78 is 7.71. The fraction of sp³-hybridized carbons (Fsp3) is 0.364. The molecule has 1 heterocycles. The van der Waals surface area contributed by atoms with Gasteiger partial charge in [-0.15, -0.1) is 0 Å². The van der Waals surface area contributed by atoms with Gasteiger partial charge in [0, 0.05) is 18.7 Å². The molecular weight excluding hydrogens is 338 g/mol. The normalized spacial score (nSPS) is 11.9. The lowest BCUT2D eigenvalue weighted by Gasteiger charge is -2.16. The van der Waals surface area contributed by atoms with Crippen molar-refractivity contribution in [2.45, 2.75) is 27.3 Å². The predicted octanol–water partition coefficient (Wildman–Crippen LogP) is 4.22. The monoisotopic (exact) mass is 365 g/mol. The molecule has 5 nitrogen and oxygen atoms in total. The Balaban J connectivity index is 1.92. The molecule has 3 rings (SSSR count). The number of carbonyl (C=O) groups excluding carboxylic acids is 1. The van der Waals surface area contributed by atoms with E-state index in [4.69, 9.17) is 9.72 Å². The number of fused-ring (bicyclic) bond motifs is 1. The van der Waals surface area contributed by atoms with Crippen LogP contribution in [0.5, 0.6) is 5.75 Å². The number of aromatic nitrogens is 2. The molecule has 0 amide bonds. The quantitative estimate of drug-likeness (QED) is 0.502. The van der Waals surface area contributed by atoms with Crippen LogP contribution in [0.1, 0.15) is 20.8 Å². The van der Waals surface area contributed by atoms with E-state index < -0.39 is 5.41 Å². The Hall–Kier alpha value is -2.66. The van der Waals surface area contributed by atoms with Gasteiger partial charge in [0.1, 0.15) is 11.6 Å². The maximum absolute atomic E-state index is 12.1. The van der Waals surface area contributed by atoms with Gasteiger partial charge in [-0.1, -0.05) is 12.1 Å². The van der Waals surface area contributed by atoms with Crippen molar-refractivity contribution in [3.05, 3.63) is 48.5 Å². The van der Waals surface area contributed by atoms with Gasteiger partial charge in [-0.3, -0.25) is 4.79 Å². The van der Waals surface area contributed by atoms with Crippen LogP contribution in [0.3, 0.4) is 0 Å². The second-order valence-electron chi connectivity index (χ2n) is 8.04. The molecule has 0 fully saturated rings. The highest BCUT2D eigenvalue weighted by Gasteiger charge is 2.23. The zero-order valence-electron chi connectivity index (χ0n) is 16.7. The largest absolute Gasteiger partial charge is 0.426 e. The highest BCUT2D eigenvalue weighted by atomic mass is 16.5. The molecule has 1 aromatic heterocycles. The Kier molecular flexibility index (Phi) is 5.33. The number of para-hydroxylation sites is 2. The van der Waals surface area contributed by atoms with E-state index in [0.29, 0.717) is 5.75 Å². The zero-order valence-corrected chi connectivity index (χ0v) is 16.7. The lowest BCUT2D eigenvalue weighted by atomic mass is 9.97. The van der Waals surface area contributed by atoms with Crippen LogP contribution in [0.2, 0.25) is 0 Å². The molecule has 0 saturated heterocycles. The molecule has 0 radical (unpaired) electrons. The molecular formula is C22H27N3O2. The first-order valence-corrected chi connectivity index (χ1v) is 9.18. The summed E-state index contributed by atoms with van der Waals surface area (Å²) in [5.41, 5.74) is 2.58. The summed E-state index contributed by atoms with van der Waals surface area (Å²) in [5, 5.41) is 0. The van der Waals surface area contributed by atoms with E-state index in [-0.39, 0.29) is 5.97 Å². The van der Waals surface area contributed by atoms with E-state index in [1.807, 2.05) is 63.2 Å². The number of nitrogens with zero attached hydrogens (tertiary/aromatic N) is 3. The fourth-order valence-corrected chi connectivity index (χ4v) is 2.75. The number of ether oxygens (including phenoxy) is 1. The van der Waals surface area contributed by atoms with Crippen molar-refractivity contribution in [3.63, 3.8) is 0 Å². The summed E-state index contributed by atoms with van der Waals surface area (Å²) in [5.74, 6) is 1.23. The number of imidazole rings is 1. The molecule has 3 aromatic rings. The molecule has 0 saturated carbocycles. The summed E-state index contributed by atoms with van der Waals surface area (Å²) in [7, 11) is 4.13. The van der Waals surface area contributed by atoms with Crippen molar-refractivity contribution in [2.24, 2.45) is 5.41 Å². The average Bonchev–Trinajstić information content (AvgIpc) is 2.98. The molecule has 5 heteroatoms. The van der Waals surface area contributed by atoms with Crippen LogP contribution < -0.4 is 4.74 Å². The number of esters is 1. The van der Waals surface area contributed by atoms with E-state index in [0.717, 1.165) is 35.5 Å². The molecule has 0 spiro atoms. The summed E-state index contributed by atoms with van der Waals surface area (Å²) in [6.45, 7) is 7.31. The van der Waals surface area contributed by atoms with E-state index in [1.165, 1.54) is 0 Å². The van der Waals surface area contributed by atoms with Crippen LogP contribution >= 0.6 is 0 Å². The minimum Gasteiger partial charge on any atom is -0.426 e. The van der Waals surface area contributed by atoms with Crippen molar-refractivity contribution in [3.8, 4) is 17.1 Å². The van der Waals surface area contributed by atoms with Gasteiger partial charge in [0.2, 0.25) is 0 Å². The van der Waals surface area contributed by atoms with Gasteiger partial charge >= 0.3 is 5.97 Å². The number of hydrogen-bond acceptors (Lipinski definition) is 4. The maximum Gasteiger partial charge on any atom is 0.316 e. The van der Waals surface area contributed by atoms with Crippen molar-refractivity contribution in [1.29, 1.82) is 0 Å². The first kappa shape index (κ1) is 19.1. The smallest absolute Gasteiger partial charge is 0.316 e. The Morgan fingerprint density at radius 2 is 1.74 bits per heavy atom. The lowest BCUT2D eigenvalue weighted by Crippen LogP contribution is -2.25. The number of likely N-dealkylation sites (N-methyl/N-ethyl adjacent to an activating group) is 1. The third kappa shape index (κ3) is 4.37. The number of rotatable bonds is 5. The molecule has 0 bridgehead atoms. The summed E-state index contributed by atoms with van der Waals surface area (Å²) in [4.78, 5) is 19.1. The van der Waals surface area contributed by atoms with Gasteiger partial charge < -0.3 is 14.2 Å². The van der Waals surface area contributed by atoms with E-state index >= 15 is 0 Å². The molecule has 0 aliphatic carbocycles. The maximum atomic E-state index is 12.1. The zero-order chi connectivity index (χ0) is 19.6. The summed E-state index contributed by atoms with van der Waals surface area (Å²) >= 11 is 0. The van der Waals surface area contributed by atoms with Gasteiger partial charge in [0.15, 0.2) is 0 Å². The Labute approximate surface area is 160 Å². The first-order valence-electron chi connectivity index (χ1n) is 9.18. The predicted molar refractivity (Wildman–Crippen MR) is 109 cm³/mol. The molecule has 0 N–H and O–H groups in total. The third-order valence-electron chi connectivity index (χ3n) is 4.36. The van der Waals surface area contributed by atoms with Crippen LogP contribution in [0.4, 0.5) is 0 Å². The van der Waals surface area contributed by atoms with Gasteiger partial charge in [0.05, 0.1) is 16.4 Å². The van der Waals surface area contributed by atoms with Crippen molar-refractivity contribution < 1.29 is 9.53 Å². The van der Waals surface area contributed by atoms with Gasteiger partial charge in [0.25, 0.3) is 0 Å². The first-order chi connectivity index (χ1) is 12.8. The molecule has 0 unspecified atom stereocenters. The molecule has 0 aliphatic heterocycles. The molecule has 0 aliphatic rings. The minimum atomic E-state index is -0.529. The standard InChI is InChI=1S/C22H27N3O2/c1-22(2,3)21(26)27-17-12-10-16(11-13-17)20-23-18-8-6-7-9-19(18)25(20)15-14-24(4)5/h6-13H,14-15H2,1-5H3. The summed E-state index contributed by atoms with van der Waals surface area (Å²) in [6.07, 6.45) is 0. The summed E-state index contributed by atoms with van der Waals surface area (Å²) in [6, 6.07) is 15.7. The fourth-order valence-electron chi connectivity index (χ4n) is 2.75. The topological polar surface area (TPSA) is 47.4 Å². The van der Waals surface area contributed by atoms with Crippen LogP contribution in [-0.4, -0.2) is 41.1 Å². The van der Waals surface area contributed by atoms with Crippen LogP contribution in [0.25, 0.3) is 22.4 Å². The van der Waals surface area contributed by atoms with Crippen LogP contribution in [0.15, 0.2) is 48.5 Å². The highest BCUT2D eigenvalue weighted by Crippen LogP contribution is 2.27. The number of benzene rings is 2. The van der Waals surface area contributed by atoms with Gasteiger partial charge in [-0.2, -0.15) is 0 Å². The van der Waals surface area contributed by atoms with Crippen LogP contribution in [0, 0.1) is 5.41 Å². The number of hydrogen-bond donors (Lipinski definition) is 0. The van der Waals surface area contributed by atoms with Crippen molar-refractivity contribution >= 4 is 17.0 Å². The van der Waals surface area contributed by atoms with Crippen molar-refractivity contribution in [2.75, 3.05) is 20.6 Å². The average molecular weight is 365 g/mol. The Bertz CT molecular complexity index is 934. The second kappa shape index (κ2) is 7.53. The van der Waals surface area contributed by atoms with E-state index in [1.54, 1.807) is 0 Å².